The molecule has 0 aliphatic rings. The average molecular weight is 269 g/mol. The average Bonchev–Trinajstić information content (AvgIpc) is 2.76. The Morgan fingerprint density at radius 1 is 1.33 bits per heavy atom. The van der Waals surface area contributed by atoms with Crippen LogP contribution in [0, 0.1) is 0 Å². The summed E-state index contributed by atoms with van der Waals surface area (Å²) >= 11 is 5.80. The Hall–Kier alpha value is -1.89. The molecule has 2 heterocycles. The van der Waals surface area contributed by atoms with Gasteiger partial charge in [-0.25, -0.2) is 0 Å². The van der Waals surface area contributed by atoms with Crippen molar-refractivity contribution >= 4 is 17.5 Å². The van der Waals surface area contributed by atoms with E-state index in [1.54, 1.807) is 22.0 Å². The minimum atomic E-state index is 0.0894. The lowest BCUT2D eigenvalue weighted by Crippen LogP contribution is -2.13. The zero-order chi connectivity index (χ0) is 13.1. The fourth-order valence-corrected chi connectivity index (χ4v) is 1.39. The highest BCUT2D eigenvalue weighted by Crippen LogP contribution is 2.19. The van der Waals surface area contributed by atoms with Gasteiger partial charge in [0.25, 0.3) is 0 Å². The molecule has 0 atom stereocenters. The third-order valence-electron chi connectivity index (χ3n) is 2.12. The Labute approximate surface area is 109 Å². The summed E-state index contributed by atoms with van der Waals surface area (Å²) in [7, 11) is 3.62. The highest BCUT2D eigenvalue weighted by molar-refractivity contribution is 6.28. The number of aromatic nitrogens is 5. The number of ether oxygens (including phenoxy) is 1. The van der Waals surface area contributed by atoms with Crippen molar-refractivity contribution in [3.8, 4) is 11.8 Å². The molecule has 8 heteroatoms. The molecule has 0 fully saturated rings. The van der Waals surface area contributed by atoms with Gasteiger partial charge in [0.15, 0.2) is 5.75 Å². The molecule has 0 saturated carbocycles. The molecular formula is C10H13ClN6O. The first-order valence-corrected chi connectivity index (χ1v) is 5.75. The fourth-order valence-electron chi connectivity index (χ4n) is 1.24. The molecule has 0 aliphatic heterocycles. The topological polar surface area (TPSA) is 69.0 Å². The third kappa shape index (κ3) is 2.86. The molecule has 0 N–H and O–H groups in total. The third-order valence-corrected chi connectivity index (χ3v) is 2.29. The molecule has 0 aliphatic carbocycles. The molecule has 0 spiro atoms. The number of anilines is 1. The summed E-state index contributed by atoms with van der Waals surface area (Å²) in [6.07, 6.45) is 3.35. The van der Waals surface area contributed by atoms with Crippen molar-refractivity contribution in [2.24, 2.45) is 0 Å². The highest BCUT2D eigenvalue weighted by atomic mass is 35.5. The molecule has 0 radical (unpaired) electrons. The summed E-state index contributed by atoms with van der Waals surface area (Å²) in [5.41, 5.74) is 0. The van der Waals surface area contributed by atoms with Crippen LogP contribution in [0.5, 0.6) is 11.8 Å². The van der Waals surface area contributed by atoms with Gasteiger partial charge in [0.1, 0.15) is 0 Å². The lowest BCUT2D eigenvalue weighted by Gasteiger charge is -2.10. The molecular weight excluding hydrogens is 256 g/mol. The van der Waals surface area contributed by atoms with E-state index in [0.29, 0.717) is 11.7 Å². The fraction of sp³-hybridized carbons (Fsp3) is 0.400. The van der Waals surface area contributed by atoms with Gasteiger partial charge in [0.2, 0.25) is 11.2 Å². The molecule has 2 aromatic rings. The summed E-state index contributed by atoms with van der Waals surface area (Å²) in [6.45, 7) is 2.75. The summed E-state index contributed by atoms with van der Waals surface area (Å²) in [5.74, 6) is 0.997. The zero-order valence-corrected chi connectivity index (χ0v) is 11.1. The predicted octanol–water partition coefficient (Wildman–Crippen LogP) is 1.60. The van der Waals surface area contributed by atoms with E-state index in [0.717, 1.165) is 6.54 Å². The van der Waals surface area contributed by atoms with Crippen LogP contribution in [0.25, 0.3) is 0 Å². The van der Waals surface area contributed by atoms with E-state index in [9.17, 15) is 0 Å². The van der Waals surface area contributed by atoms with Gasteiger partial charge in [-0.3, -0.25) is 4.68 Å². The number of aryl methyl sites for hydroxylation is 1. The van der Waals surface area contributed by atoms with Crippen molar-refractivity contribution < 1.29 is 4.74 Å². The van der Waals surface area contributed by atoms with E-state index in [1.807, 2.05) is 21.0 Å². The molecule has 96 valence electrons. The molecule has 2 aromatic heterocycles. The van der Waals surface area contributed by atoms with Gasteiger partial charge in [0, 0.05) is 20.6 Å². The minimum Gasteiger partial charge on any atom is -0.421 e. The number of rotatable bonds is 4. The SMILES string of the molecule is CCn1cc(Oc2nc(Cl)nc(N(C)C)n2)cn1. The maximum Gasteiger partial charge on any atom is 0.328 e. The molecule has 2 rings (SSSR count). The van der Waals surface area contributed by atoms with Crippen LogP contribution in [-0.2, 0) is 6.54 Å². The number of halogens is 1. The van der Waals surface area contributed by atoms with E-state index < -0.39 is 0 Å². The van der Waals surface area contributed by atoms with E-state index >= 15 is 0 Å². The summed E-state index contributed by atoms with van der Waals surface area (Å²) < 4.78 is 7.22. The summed E-state index contributed by atoms with van der Waals surface area (Å²) in [4.78, 5) is 13.7. The second-order valence-corrected chi connectivity index (χ2v) is 4.05. The predicted molar refractivity (Wildman–Crippen MR) is 67.1 cm³/mol. The van der Waals surface area contributed by atoms with Crippen LogP contribution in [0.4, 0.5) is 5.95 Å². The van der Waals surface area contributed by atoms with Crippen LogP contribution in [0.3, 0.4) is 0 Å². The van der Waals surface area contributed by atoms with Gasteiger partial charge in [0.05, 0.1) is 12.4 Å². The van der Waals surface area contributed by atoms with E-state index in [4.69, 9.17) is 16.3 Å². The number of hydrogen-bond acceptors (Lipinski definition) is 6. The van der Waals surface area contributed by atoms with Crippen molar-refractivity contribution in [1.29, 1.82) is 0 Å². The second-order valence-electron chi connectivity index (χ2n) is 3.72. The second kappa shape index (κ2) is 5.18. The van der Waals surface area contributed by atoms with Gasteiger partial charge < -0.3 is 9.64 Å². The van der Waals surface area contributed by atoms with Crippen LogP contribution >= 0.6 is 11.6 Å². The lowest BCUT2D eigenvalue weighted by molar-refractivity contribution is 0.438. The first kappa shape index (κ1) is 12.6. The van der Waals surface area contributed by atoms with E-state index in [2.05, 4.69) is 20.1 Å². The first-order chi connectivity index (χ1) is 8.58. The molecule has 0 aromatic carbocycles. The molecule has 0 bridgehead atoms. The number of nitrogens with zero attached hydrogens (tertiary/aromatic N) is 6. The Balaban J connectivity index is 2.23. The highest BCUT2D eigenvalue weighted by Gasteiger charge is 2.09. The largest absolute Gasteiger partial charge is 0.421 e. The van der Waals surface area contributed by atoms with Crippen LogP contribution in [0.2, 0.25) is 5.28 Å². The number of hydrogen-bond donors (Lipinski definition) is 0. The van der Waals surface area contributed by atoms with Crippen molar-refractivity contribution in [3.63, 3.8) is 0 Å². The Morgan fingerprint density at radius 2 is 2.11 bits per heavy atom. The van der Waals surface area contributed by atoms with Crippen LogP contribution < -0.4 is 9.64 Å². The standard InChI is InChI=1S/C10H13ClN6O/c1-4-17-6-7(5-12-17)18-10-14-8(11)13-9(15-10)16(2)3/h5-6H,4H2,1-3H3. The van der Waals surface area contributed by atoms with Gasteiger partial charge >= 0.3 is 6.01 Å². The van der Waals surface area contributed by atoms with Crippen molar-refractivity contribution in [2.45, 2.75) is 13.5 Å². The molecule has 0 amide bonds. The van der Waals surface area contributed by atoms with E-state index in [-0.39, 0.29) is 11.3 Å². The van der Waals surface area contributed by atoms with Crippen molar-refractivity contribution in [1.82, 2.24) is 24.7 Å². The van der Waals surface area contributed by atoms with Crippen LogP contribution in [0.15, 0.2) is 12.4 Å². The van der Waals surface area contributed by atoms with E-state index in [1.165, 1.54) is 0 Å². The quantitative estimate of drug-likeness (QED) is 0.839. The van der Waals surface area contributed by atoms with Crippen molar-refractivity contribution in [3.05, 3.63) is 17.7 Å². The molecule has 7 nitrogen and oxygen atoms in total. The Morgan fingerprint density at radius 3 is 2.72 bits per heavy atom. The van der Waals surface area contributed by atoms with Gasteiger partial charge in [-0.15, -0.1) is 0 Å². The Bertz CT molecular complexity index is 541. The zero-order valence-electron chi connectivity index (χ0n) is 10.3. The minimum absolute atomic E-state index is 0.0894. The first-order valence-electron chi connectivity index (χ1n) is 5.37. The summed E-state index contributed by atoms with van der Waals surface area (Å²) in [5, 5.41) is 4.18. The smallest absolute Gasteiger partial charge is 0.328 e. The summed E-state index contributed by atoms with van der Waals surface area (Å²) in [6, 6.07) is 0.148. The molecule has 18 heavy (non-hydrogen) atoms. The van der Waals surface area contributed by atoms with Crippen LogP contribution in [-0.4, -0.2) is 38.8 Å². The van der Waals surface area contributed by atoms with Gasteiger partial charge in [-0.05, 0) is 18.5 Å². The van der Waals surface area contributed by atoms with Gasteiger partial charge in [-0.1, -0.05) is 0 Å². The maximum absolute atomic E-state index is 5.80. The van der Waals surface area contributed by atoms with Crippen LogP contribution in [0.1, 0.15) is 6.92 Å². The monoisotopic (exact) mass is 268 g/mol. The van der Waals surface area contributed by atoms with Gasteiger partial charge in [-0.2, -0.15) is 20.1 Å². The Kier molecular flexibility index (Phi) is 3.61. The molecule has 0 saturated heterocycles. The lowest BCUT2D eigenvalue weighted by atomic mass is 10.6. The molecule has 0 unspecified atom stereocenters. The normalized spacial score (nSPS) is 10.4. The van der Waals surface area contributed by atoms with Crippen molar-refractivity contribution in [2.75, 3.05) is 19.0 Å². The maximum atomic E-state index is 5.80.